The number of carbonyl (C=O) groups excluding carboxylic acids is 4. The standard InChI is InChI=1S/C38H34Cl2N4O7S/c1-17-23-13-18(39)6-11-28(23)52-33(17)27-16-29(42(3)41-27)44-35(49)25-15-24-20(32(38(25,2)37(44)51)21-8-7-19(45)14-26(21)40)9-10-22-31(24)36(50)43(34(22)48)12-4-5-30(46)47/h6-9,11,13-14,16,22,24-25,31-32,45H,4-5,10,12,15H2,1-3H3,(H,46,47). The number of phenolic OH excluding ortho intramolecular Hbond substituents is 1. The first kappa shape index (κ1) is 34.6. The number of aromatic nitrogens is 2. The largest absolute Gasteiger partial charge is 0.508 e. The van der Waals surface area contributed by atoms with Gasteiger partial charge in [0.05, 0.1) is 28.0 Å². The van der Waals surface area contributed by atoms with Gasteiger partial charge in [-0.2, -0.15) is 5.10 Å². The summed E-state index contributed by atoms with van der Waals surface area (Å²) in [5.41, 5.74) is 1.53. The molecule has 0 bridgehead atoms. The molecule has 0 spiro atoms. The summed E-state index contributed by atoms with van der Waals surface area (Å²) in [6.45, 7) is 3.75. The number of rotatable bonds is 7. The molecule has 4 aromatic rings. The number of thiophene rings is 1. The van der Waals surface area contributed by atoms with Gasteiger partial charge in [-0.15, -0.1) is 11.3 Å². The van der Waals surface area contributed by atoms with Crippen LogP contribution in [0, 0.1) is 36.0 Å². The predicted molar refractivity (Wildman–Crippen MR) is 195 cm³/mol. The van der Waals surface area contributed by atoms with Crippen LogP contribution in [-0.2, 0) is 31.0 Å². The minimum Gasteiger partial charge on any atom is -0.508 e. The number of aliphatic carboxylic acids is 1. The highest BCUT2D eigenvalue weighted by Gasteiger charge is 2.68. The zero-order valence-electron chi connectivity index (χ0n) is 28.4. The van der Waals surface area contributed by atoms with Crippen molar-refractivity contribution >= 4 is 80.0 Å². The van der Waals surface area contributed by atoms with Crippen LogP contribution in [0.25, 0.3) is 20.7 Å². The highest BCUT2D eigenvalue weighted by atomic mass is 35.5. The van der Waals surface area contributed by atoms with Crippen LogP contribution in [-0.4, -0.2) is 61.0 Å². The summed E-state index contributed by atoms with van der Waals surface area (Å²) < 4.78 is 2.56. The second-order valence-electron chi connectivity index (χ2n) is 14.4. The molecule has 268 valence electrons. The molecular weight excluding hydrogens is 727 g/mol. The van der Waals surface area contributed by atoms with Crippen molar-refractivity contribution in [3.63, 3.8) is 0 Å². The molecule has 3 fully saturated rings. The van der Waals surface area contributed by atoms with Gasteiger partial charge in [0.2, 0.25) is 23.6 Å². The first-order valence-electron chi connectivity index (χ1n) is 17.1. The van der Waals surface area contributed by atoms with Crippen molar-refractivity contribution in [1.82, 2.24) is 14.7 Å². The third-order valence-electron chi connectivity index (χ3n) is 11.6. The summed E-state index contributed by atoms with van der Waals surface area (Å²) in [4.78, 5) is 71.8. The van der Waals surface area contributed by atoms with Crippen molar-refractivity contribution in [1.29, 1.82) is 0 Å². The number of carboxylic acids is 1. The molecule has 52 heavy (non-hydrogen) atoms. The van der Waals surface area contributed by atoms with E-state index in [1.54, 1.807) is 37.4 Å². The lowest BCUT2D eigenvalue weighted by Crippen LogP contribution is -2.49. The molecule has 1 saturated carbocycles. The van der Waals surface area contributed by atoms with E-state index in [-0.39, 0.29) is 54.8 Å². The first-order valence-corrected chi connectivity index (χ1v) is 18.7. The Kier molecular flexibility index (Phi) is 8.16. The van der Waals surface area contributed by atoms with Crippen LogP contribution in [0.5, 0.6) is 5.75 Å². The number of aryl methyl sites for hydroxylation is 2. The number of carboxylic acid groups (broad SMARTS) is 1. The van der Waals surface area contributed by atoms with Crippen LogP contribution in [0.3, 0.4) is 0 Å². The lowest BCUT2D eigenvalue weighted by molar-refractivity contribution is -0.142. The average Bonchev–Trinajstić information content (AvgIpc) is 3.76. The molecule has 4 heterocycles. The van der Waals surface area contributed by atoms with Gasteiger partial charge in [-0.05, 0) is 85.9 Å². The fourth-order valence-corrected chi connectivity index (χ4v) is 10.8. The van der Waals surface area contributed by atoms with Crippen molar-refractivity contribution < 1.29 is 34.2 Å². The zero-order chi connectivity index (χ0) is 37.0. The SMILES string of the molecule is Cc1c(-c2cc(N3C(=O)C4CC5C(=CCC6C(=O)N(CCCC(=O)O)C(=O)C65)C(c5ccc(O)cc5Cl)C4(C)C3=O)n(C)n2)sc2ccc(Cl)cc12. The summed E-state index contributed by atoms with van der Waals surface area (Å²) in [6, 6.07) is 12.0. The monoisotopic (exact) mass is 760 g/mol. The normalized spacial score (nSPS) is 26.9. The summed E-state index contributed by atoms with van der Waals surface area (Å²) in [7, 11) is 1.69. The number of fused-ring (bicyclic) bond motifs is 5. The van der Waals surface area contributed by atoms with E-state index < -0.39 is 52.8 Å². The Bertz CT molecular complexity index is 2300. The first-order chi connectivity index (χ1) is 24.7. The minimum absolute atomic E-state index is 0.00624. The molecule has 8 rings (SSSR count). The van der Waals surface area contributed by atoms with Crippen LogP contribution >= 0.6 is 34.5 Å². The van der Waals surface area contributed by atoms with E-state index in [0.29, 0.717) is 22.1 Å². The van der Waals surface area contributed by atoms with Crippen molar-refractivity contribution in [2.24, 2.45) is 36.1 Å². The molecule has 2 aromatic carbocycles. The van der Waals surface area contributed by atoms with Crippen LogP contribution in [0.1, 0.15) is 49.7 Å². The maximum Gasteiger partial charge on any atom is 0.303 e. The fraction of sp³-hybridized carbons (Fsp3) is 0.368. The number of phenols is 1. The summed E-state index contributed by atoms with van der Waals surface area (Å²) in [5.74, 6) is -6.00. The molecule has 11 nitrogen and oxygen atoms in total. The molecule has 14 heteroatoms. The van der Waals surface area contributed by atoms with E-state index in [0.717, 1.165) is 26.1 Å². The topological polar surface area (TPSA) is 150 Å². The third kappa shape index (κ3) is 4.98. The van der Waals surface area contributed by atoms with E-state index >= 15 is 0 Å². The second kappa shape index (κ2) is 12.3. The predicted octanol–water partition coefficient (Wildman–Crippen LogP) is 6.72. The van der Waals surface area contributed by atoms with Crippen molar-refractivity contribution in [2.45, 2.75) is 45.4 Å². The molecule has 2 saturated heterocycles. The number of benzene rings is 2. The number of anilines is 1. The van der Waals surface area contributed by atoms with Crippen molar-refractivity contribution in [2.75, 3.05) is 11.4 Å². The van der Waals surface area contributed by atoms with Crippen LogP contribution in [0.2, 0.25) is 10.0 Å². The number of hydrogen-bond acceptors (Lipinski definition) is 8. The number of nitrogens with zero attached hydrogens (tertiary/aromatic N) is 4. The molecule has 2 N–H and O–H groups in total. The second-order valence-corrected chi connectivity index (χ2v) is 16.3. The highest BCUT2D eigenvalue weighted by molar-refractivity contribution is 7.22. The van der Waals surface area contributed by atoms with Gasteiger partial charge in [0, 0.05) is 46.7 Å². The maximum absolute atomic E-state index is 15.0. The van der Waals surface area contributed by atoms with Gasteiger partial charge >= 0.3 is 5.97 Å². The molecule has 2 aliphatic carbocycles. The van der Waals surface area contributed by atoms with E-state index in [4.69, 9.17) is 33.4 Å². The summed E-state index contributed by atoms with van der Waals surface area (Å²) >= 11 is 14.6. The third-order valence-corrected chi connectivity index (χ3v) is 13.5. The number of hydrogen-bond donors (Lipinski definition) is 2. The van der Waals surface area contributed by atoms with Crippen molar-refractivity contribution in [3.8, 4) is 16.3 Å². The van der Waals surface area contributed by atoms with E-state index in [1.165, 1.54) is 26.6 Å². The van der Waals surface area contributed by atoms with Gasteiger partial charge in [-0.25, -0.2) is 4.90 Å². The summed E-state index contributed by atoms with van der Waals surface area (Å²) in [6.07, 6.45) is 2.28. The van der Waals surface area contributed by atoms with E-state index in [9.17, 15) is 29.1 Å². The Morgan fingerprint density at radius 2 is 1.81 bits per heavy atom. The molecule has 4 amide bonds. The molecule has 2 aliphatic heterocycles. The van der Waals surface area contributed by atoms with E-state index in [2.05, 4.69) is 0 Å². The lowest BCUT2D eigenvalue weighted by atomic mass is 9.51. The number of likely N-dealkylation sites (tertiary alicyclic amines) is 1. The zero-order valence-corrected chi connectivity index (χ0v) is 30.8. The number of carbonyl (C=O) groups is 5. The average molecular weight is 762 g/mol. The van der Waals surface area contributed by atoms with Gasteiger partial charge in [0.25, 0.3) is 0 Å². The van der Waals surface area contributed by atoms with Crippen molar-refractivity contribution in [3.05, 3.63) is 75.3 Å². The minimum atomic E-state index is -1.34. The van der Waals surface area contributed by atoms with Gasteiger partial charge in [0.15, 0.2) is 0 Å². The number of allylic oxidation sites excluding steroid dienone is 2. The Morgan fingerprint density at radius 3 is 2.54 bits per heavy atom. The maximum atomic E-state index is 15.0. The van der Waals surface area contributed by atoms with Crippen LogP contribution in [0.4, 0.5) is 5.82 Å². The Labute approximate surface area is 312 Å². The highest BCUT2D eigenvalue weighted by Crippen LogP contribution is 2.64. The van der Waals surface area contributed by atoms with E-state index in [1.807, 2.05) is 31.2 Å². The van der Waals surface area contributed by atoms with Gasteiger partial charge < -0.3 is 10.2 Å². The number of imide groups is 2. The van der Waals surface area contributed by atoms with Gasteiger partial charge in [-0.3, -0.25) is 33.6 Å². The Hall–Kier alpha value is -4.52. The van der Waals surface area contributed by atoms with Gasteiger partial charge in [-0.1, -0.05) is 40.9 Å². The molecule has 4 aliphatic rings. The smallest absolute Gasteiger partial charge is 0.303 e. The number of halogens is 2. The van der Waals surface area contributed by atoms with Crippen LogP contribution < -0.4 is 4.90 Å². The molecule has 6 unspecified atom stereocenters. The fourth-order valence-electron chi connectivity index (χ4n) is 9.22. The Morgan fingerprint density at radius 1 is 1.04 bits per heavy atom. The van der Waals surface area contributed by atoms with Crippen LogP contribution in [0.15, 0.2) is 54.1 Å². The molecule has 2 aromatic heterocycles. The number of amides is 4. The molecule has 0 radical (unpaired) electrons. The quantitative estimate of drug-likeness (QED) is 0.156. The molecular formula is C38H34Cl2N4O7S. The molecule has 6 atom stereocenters. The van der Waals surface area contributed by atoms with Gasteiger partial charge in [0.1, 0.15) is 17.3 Å². The lowest BCUT2D eigenvalue weighted by Gasteiger charge is -2.49. The number of aromatic hydroxyl groups is 1. The summed E-state index contributed by atoms with van der Waals surface area (Å²) in [5, 5.41) is 26.0. The Balaban J connectivity index is 1.22.